The minimum atomic E-state index is -0.914. The fraction of sp³-hybridized carbons (Fsp3) is 0.333. The average molecular weight is 543 g/mol. The largest absolute Gasteiger partial charge is 0.465 e. The number of pyridine rings is 1. The Morgan fingerprint density at radius 1 is 1.07 bits per heavy atom. The summed E-state index contributed by atoms with van der Waals surface area (Å²) in [4.78, 5) is 26.5. The average Bonchev–Trinajstić information content (AvgIpc) is 2.95. The van der Waals surface area contributed by atoms with E-state index in [0.29, 0.717) is 41.9 Å². The van der Waals surface area contributed by atoms with Gasteiger partial charge in [-0.15, -0.1) is 0 Å². The lowest BCUT2D eigenvalue weighted by molar-refractivity contribution is 0.132. The number of benzene rings is 2. The van der Waals surface area contributed by atoms with Gasteiger partial charge in [0.25, 0.3) is 0 Å². The predicted octanol–water partition coefficient (Wildman–Crippen LogP) is 5.53. The SMILES string of the molecule is Cc1ccc2c(N[C@H](C)[C@@H](C)O)cccc2c1Oc1ncccc1-c1ccnc(N[C@H]2CCCN(C(=O)O)C2)n1. The highest BCUT2D eigenvalue weighted by atomic mass is 16.5. The number of carbonyl (C=O) groups is 1. The summed E-state index contributed by atoms with van der Waals surface area (Å²) in [7, 11) is 0. The summed E-state index contributed by atoms with van der Waals surface area (Å²) in [6.07, 6.45) is 3.55. The molecule has 1 saturated heterocycles. The molecule has 0 unspecified atom stereocenters. The van der Waals surface area contributed by atoms with Gasteiger partial charge in [-0.3, -0.25) is 0 Å². The van der Waals surface area contributed by atoms with Crippen molar-refractivity contribution in [3.63, 3.8) is 0 Å². The fourth-order valence-electron chi connectivity index (χ4n) is 4.86. The molecule has 0 spiro atoms. The Hall–Kier alpha value is -4.44. The van der Waals surface area contributed by atoms with E-state index in [1.54, 1.807) is 25.4 Å². The van der Waals surface area contributed by atoms with Crippen LogP contribution in [-0.2, 0) is 0 Å². The third kappa shape index (κ3) is 5.91. The second kappa shape index (κ2) is 11.7. The molecule has 1 fully saturated rings. The van der Waals surface area contributed by atoms with Crippen molar-refractivity contribution >= 4 is 28.5 Å². The van der Waals surface area contributed by atoms with Crippen LogP contribution in [0.2, 0.25) is 0 Å². The Morgan fingerprint density at radius 2 is 1.93 bits per heavy atom. The molecule has 40 heavy (non-hydrogen) atoms. The van der Waals surface area contributed by atoms with Crippen molar-refractivity contribution in [1.29, 1.82) is 0 Å². The van der Waals surface area contributed by atoms with Gasteiger partial charge in [0.1, 0.15) is 5.75 Å². The Morgan fingerprint density at radius 3 is 2.73 bits per heavy atom. The number of hydrogen-bond acceptors (Lipinski definition) is 8. The first-order valence-corrected chi connectivity index (χ1v) is 13.5. The summed E-state index contributed by atoms with van der Waals surface area (Å²) in [5.41, 5.74) is 3.21. The highest BCUT2D eigenvalue weighted by molar-refractivity contribution is 5.98. The van der Waals surface area contributed by atoms with E-state index in [1.165, 1.54) is 4.90 Å². The molecule has 0 saturated carbocycles. The molecule has 2 aromatic heterocycles. The highest BCUT2D eigenvalue weighted by Crippen LogP contribution is 2.38. The third-order valence-electron chi connectivity index (χ3n) is 7.24. The maximum absolute atomic E-state index is 11.4. The van der Waals surface area contributed by atoms with Crippen LogP contribution in [0.3, 0.4) is 0 Å². The van der Waals surface area contributed by atoms with Gasteiger partial charge in [0.15, 0.2) is 0 Å². The lowest BCUT2D eigenvalue weighted by Gasteiger charge is -2.31. The van der Waals surface area contributed by atoms with E-state index in [9.17, 15) is 15.0 Å². The summed E-state index contributed by atoms with van der Waals surface area (Å²) in [6, 6.07) is 15.4. The molecule has 0 bridgehead atoms. The number of aromatic nitrogens is 3. The number of aliphatic hydroxyl groups excluding tert-OH is 1. The molecule has 3 heterocycles. The Labute approximate surface area is 233 Å². The van der Waals surface area contributed by atoms with Crippen molar-refractivity contribution in [3.05, 3.63) is 66.5 Å². The van der Waals surface area contributed by atoms with Crippen LogP contribution < -0.4 is 15.4 Å². The van der Waals surface area contributed by atoms with E-state index < -0.39 is 12.2 Å². The van der Waals surface area contributed by atoms with Gasteiger partial charge in [-0.25, -0.2) is 19.7 Å². The molecule has 5 rings (SSSR count). The number of piperidine rings is 1. The number of nitrogens with zero attached hydrogens (tertiary/aromatic N) is 4. The minimum Gasteiger partial charge on any atom is -0.465 e. The summed E-state index contributed by atoms with van der Waals surface area (Å²) in [5, 5.41) is 27.9. The van der Waals surface area contributed by atoms with E-state index in [0.717, 1.165) is 34.9 Å². The molecule has 10 heteroatoms. The van der Waals surface area contributed by atoms with Gasteiger partial charge < -0.3 is 30.5 Å². The van der Waals surface area contributed by atoms with Crippen LogP contribution in [0.1, 0.15) is 32.3 Å². The number of ether oxygens (including phenoxy) is 1. The highest BCUT2D eigenvalue weighted by Gasteiger charge is 2.24. The van der Waals surface area contributed by atoms with E-state index in [2.05, 4.69) is 20.6 Å². The van der Waals surface area contributed by atoms with Gasteiger partial charge in [0, 0.05) is 54.0 Å². The van der Waals surface area contributed by atoms with Crippen molar-refractivity contribution in [2.75, 3.05) is 23.7 Å². The van der Waals surface area contributed by atoms with Crippen LogP contribution in [0, 0.1) is 6.92 Å². The zero-order valence-corrected chi connectivity index (χ0v) is 22.8. The molecule has 1 aliphatic heterocycles. The number of likely N-dealkylation sites (tertiary alicyclic amines) is 1. The van der Waals surface area contributed by atoms with Crippen molar-refractivity contribution in [3.8, 4) is 22.9 Å². The van der Waals surface area contributed by atoms with Crippen molar-refractivity contribution in [2.24, 2.45) is 0 Å². The number of hydrogen-bond donors (Lipinski definition) is 4. The normalized spacial score (nSPS) is 16.8. The lowest BCUT2D eigenvalue weighted by atomic mass is 10.0. The lowest BCUT2D eigenvalue weighted by Crippen LogP contribution is -2.44. The second-order valence-corrected chi connectivity index (χ2v) is 10.2. The van der Waals surface area contributed by atoms with Crippen LogP contribution in [0.25, 0.3) is 22.0 Å². The molecule has 0 radical (unpaired) electrons. The van der Waals surface area contributed by atoms with Gasteiger partial charge >= 0.3 is 6.09 Å². The summed E-state index contributed by atoms with van der Waals surface area (Å²) in [5.74, 6) is 1.52. The smallest absolute Gasteiger partial charge is 0.407 e. The molecular formula is C30H34N6O4. The van der Waals surface area contributed by atoms with Gasteiger partial charge in [0.05, 0.1) is 17.4 Å². The van der Waals surface area contributed by atoms with Gasteiger partial charge in [0.2, 0.25) is 11.8 Å². The number of aryl methyl sites for hydroxylation is 1. The molecule has 0 aliphatic carbocycles. The Balaban J connectivity index is 1.44. The zero-order chi connectivity index (χ0) is 28.2. The molecule has 4 aromatic rings. The first-order valence-electron chi connectivity index (χ1n) is 13.5. The first kappa shape index (κ1) is 27.1. The first-order chi connectivity index (χ1) is 19.3. The predicted molar refractivity (Wildman–Crippen MR) is 155 cm³/mol. The number of nitrogens with one attached hydrogen (secondary N) is 2. The van der Waals surface area contributed by atoms with Crippen LogP contribution in [-0.4, -0.2) is 67.4 Å². The van der Waals surface area contributed by atoms with Crippen LogP contribution in [0.4, 0.5) is 16.4 Å². The van der Waals surface area contributed by atoms with E-state index in [1.807, 2.05) is 56.3 Å². The van der Waals surface area contributed by atoms with Crippen LogP contribution in [0.5, 0.6) is 11.6 Å². The standard InChI is InChI=1S/C30H34N6O4/c1-18-11-12-22-23(8-4-10-25(22)33-19(2)20(3)37)27(18)40-28-24(9-5-14-31-28)26-13-15-32-29(35-26)34-21-7-6-16-36(17-21)30(38)39/h4-5,8-15,19-21,33,37H,6-7,16-17H2,1-3H3,(H,38,39)(H,32,34,35)/t19-,20-,21+/m1/s1. The number of amides is 1. The zero-order valence-electron chi connectivity index (χ0n) is 22.8. The van der Waals surface area contributed by atoms with Crippen molar-refractivity contribution in [2.45, 2.75) is 51.8 Å². The van der Waals surface area contributed by atoms with E-state index >= 15 is 0 Å². The number of aliphatic hydroxyl groups is 1. The quantitative estimate of drug-likeness (QED) is 0.227. The topological polar surface area (TPSA) is 133 Å². The molecule has 3 atom stereocenters. The van der Waals surface area contributed by atoms with E-state index in [-0.39, 0.29) is 12.1 Å². The van der Waals surface area contributed by atoms with Gasteiger partial charge in [-0.2, -0.15) is 0 Å². The van der Waals surface area contributed by atoms with Crippen molar-refractivity contribution in [1.82, 2.24) is 19.9 Å². The van der Waals surface area contributed by atoms with Crippen molar-refractivity contribution < 1.29 is 19.7 Å². The maximum Gasteiger partial charge on any atom is 0.407 e. The summed E-state index contributed by atoms with van der Waals surface area (Å²) < 4.78 is 6.50. The van der Waals surface area contributed by atoms with Gasteiger partial charge in [-0.1, -0.05) is 24.3 Å². The number of anilines is 2. The minimum absolute atomic E-state index is 0.0672. The van der Waals surface area contributed by atoms with Crippen LogP contribution in [0.15, 0.2) is 60.9 Å². The molecule has 1 amide bonds. The Bertz CT molecular complexity index is 1510. The molecule has 2 aromatic carbocycles. The molecule has 1 aliphatic rings. The van der Waals surface area contributed by atoms with Gasteiger partial charge in [-0.05, 0) is 63.4 Å². The maximum atomic E-state index is 11.4. The Kier molecular flexibility index (Phi) is 7.97. The third-order valence-corrected chi connectivity index (χ3v) is 7.24. The van der Waals surface area contributed by atoms with Crippen LogP contribution >= 0.6 is 0 Å². The van der Waals surface area contributed by atoms with E-state index in [4.69, 9.17) is 9.72 Å². The molecular weight excluding hydrogens is 508 g/mol. The number of fused-ring (bicyclic) bond motifs is 1. The fourth-order valence-corrected chi connectivity index (χ4v) is 4.86. The molecule has 10 nitrogen and oxygen atoms in total. The molecule has 4 N–H and O–H groups in total. The monoisotopic (exact) mass is 542 g/mol. The summed E-state index contributed by atoms with van der Waals surface area (Å²) in [6.45, 7) is 6.62. The number of carboxylic acid groups (broad SMARTS) is 1. The number of rotatable bonds is 8. The second-order valence-electron chi connectivity index (χ2n) is 10.2. The summed E-state index contributed by atoms with van der Waals surface area (Å²) >= 11 is 0. The molecule has 208 valence electrons.